The van der Waals surface area contributed by atoms with Crippen LogP contribution in [0.4, 0.5) is 4.79 Å². The molecule has 0 aromatic heterocycles. The van der Waals surface area contributed by atoms with Gasteiger partial charge in [-0.05, 0) is 59.9 Å². The summed E-state index contributed by atoms with van der Waals surface area (Å²) in [5.41, 5.74) is 3.11. The van der Waals surface area contributed by atoms with Crippen LogP contribution >= 0.6 is 11.6 Å². The van der Waals surface area contributed by atoms with E-state index < -0.39 is 24.0 Å². The van der Waals surface area contributed by atoms with Crippen molar-refractivity contribution in [2.45, 2.75) is 25.5 Å². The lowest BCUT2D eigenvalue weighted by atomic mass is 9.85. The zero-order valence-electron chi connectivity index (χ0n) is 19.6. The number of nitrogens with one attached hydrogen (secondary N) is 1. The molecule has 37 heavy (non-hydrogen) atoms. The van der Waals surface area contributed by atoms with Gasteiger partial charge < -0.3 is 19.5 Å². The quantitative estimate of drug-likeness (QED) is 0.436. The fourth-order valence-corrected chi connectivity index (χ4v) is 4.68. The van der Waals surface area contributed by atoms with Crippen molar-refractivity contribution in [3.8, 4) is 17.6 Å². The smallest absolute Gasteiger partial charge is 0.341 e. The lowest BCUT2D eigenvalue weighted by Crippen LogP contribution is -2.45. The van der Waals surface area contributed by atoms with Crippen LogP contribution in [-0.2, 0) is 22.6 Å². The molecule has 2 atom stereocenters. The second kappa shape index (κ2) is 10.7. The van der Waals surface area contributed by atoms with Gasteiger partial charge in [-0.25, -0.2) is 9.79 Å². The van der Waals surface area contributed by atoms with E-state index in [1.165, 1.54) is 0 Å². The second-order valence-electron chi connectivity index (χ2n) is 8.63. The van der Waals surface area contributed by atoms with Crippen molar-refractivity contribution < 1.29 is 23.8 Å². The first kappa shape index (κ1) is 24.3. The molecule has 0 fully saturated rings. The third-order valence-electron chi connectivity index (χ3n) is 6.27. The van der Waals surface area contributed by atoms with Crippen molar-refractivity contribution >= 4 is 29.3 Å². The van der Waals surface area contributed by atoms with E-state index >= 15 is 0 Å². The third-order valence-corrected chi connectivity index (χ3v) is 6.64. The molecule has 2 unspecified atom stereocenters. The van der Waals surface area contributed by atoms with Crippen molar-refractivity contribution in [2.75, 3.05) is 6.79 Å². The zero-order chi connectivity index (χ0) is 25.8. The molecule has 5 rings (SSSR count). The van der Waals surface area contributed by atoms with Crippen LogP contribution in [0, 0.1) is 17.2 Å². The number of amides is 2. The summed E-state index contributed by atoms with van der Waals surface area (Å²) in [6.07, 6.45) is 0.829. The molecule has 2 amide bonds. The largest absolute Gasteiger partial charge is 0.460 e. The minimum absolute atomic E-state index is 0.0234. The van der Waals surface area contributed by atoms with Crippen molar-refractivity contribution in [2.24, 2.45) is 10.9 Å². The monoisotopic (exact) mass is 515 g/mol. The lowest BCUT2D eigenvalue weighted by Gasteiger charge is -2.31. The molecule has 0 spiro atoms. The van der Waals surface area contributed by atoms with Gasteiger partial charge in [-0.2, -0.15) is 5.26 Å². The highest BCUT2D eigenvalue weighted by atomic mass is 35.5. The van der Waals surface area contributed by atoms with Crippen LogP contribution in [0.5, 0.6) is 11.5 Å². The van der Waals surface area contributed by atoms with Crippen LogP contribution in [0.1, 0.15) is 34.7 Å². The average molecular weight is 516 g/mol. The number of hydrogen-bond donors (Lipinski definition) is 1. The fraction of sp³-hybridized carbons (Fsp3) is 0.214. The van der Waals surface area contributed by atoms with E-state index in [4.69, 9.17) is 31.1 Å². The standard InChI is InChI=1S/C28H22ClN3O5/c29-21-7-2-1-6-19(21)8-10-22-25(27(33)35-15-18-5-3-4-17(12-18)14-30)26(32-28(34)31-22)20-9-11-23-24(13-20)37-16-36-23/h1-7,9,11-13,25-26H,8,10,15-16H2,(H,32,34). The van der Waals surface area contributed by atoms with E-state index in [1.54, 1.807) is 48.5 Å². The first-order valence-electron chi connectivity index (χ1n) is 11.7. The molecule has 2 heterocycles. The Morgan fingerprint density at radius 2 is 1.92 bits per heavy atom. The zero-order valence-corrected chi connectivity index (χ0v) is 20.4. The lowest BCUT2D eigenvalue weighted by molar-refractivity contribution is -0.148. The molecule has 0 saturated heterocycles. The Hall–Kier alpha value is -4.35. The Morgan fingerprint density at radius 3 is 2.76 bits per heavy atom. The maximum atomic E-state index is 13.5. The number of fused-ring (bicyclic) bond motifs is 1. The SMILES string of the molecule is N#Cc1cccc(COC(=O)C2C(CCc3ccccc3Cl)=NC(=O)NC2c2ccc3c(c2)OCO3)c1. The van der Waals surface area contributed by atoms with Crippen molar-refractivity contribution in [1.82, 2.24) is 5.32 Å². The predicted octanol–water partition coefficient (Wildman–Crippen LogP) is 5.14. The molecule has 2 aliphatic heterocycles. The number of ether oxygens (including phenoxy) is 3. The van der Waals surface area contributed by atoms with Gasteiger partial charge in [0.1, 0.15) is 12.5 Å². The maximum absolute atomic E-state index is 13.5. The Morgan fingerprint density at radius 1 is 1.08 bits per heavy atom. The van der Waals surface area contributed by atoms with Gasteiger partial charge in [0.2, 0.25) is 6.79 Å². The molecular formula is C28H22ClN3O5. The molecule has 3 aromatic rings. The number of aliphatic imine (C=N–C) groups is 1. The van der Waals surface area contributed by atoms with Crippen molar-refractivity contribution in [3.05, 3.63) is 94.0 Å². The molecular weight excluding hydrogens is 494 g/mol. The van der Waals surface area contributed by atoms with Gasteiger partial charge in [-0.1, -0.05) is 48.0 Å². The summed E-state index contributed by atoms with van der Waals surface area (Å²) in [6.45, 7) is 0.0814. The molecule has 2 aliphatic rings. The summed E-state index contributed by atoms with van der Waals surface area (Å²) in [5, 5.41) is 12.6. The van der Waals surface area contributed by atoms with Crippen LogP contribution in [0.15, 0.2) is 71.7 Å². The minimum atomic E-state index is -0.875. The van der Waals surface area contributed by atoms with Gasteiger partial charge in [-0.3, -0.25) is 4.79 Å². The van der Waals surface area contributed by atoms with Gasteiger partial charge in [0.25, 0.3) is 0 Å². The van der Waals surface area contributed by atoms with Crippen LogP contribution in [-0.4, -0.2) is 24.5 Å². The first-order valence-corrected chi connectivity index (χ1v) is 12.1. The third kappa shape index (κ3) is 5.42. The number of nitriles is 1. The van der Waals surface area contributed by atoms with Crippen molar-refractivity contribution in [3.63, 3.8) is 0 Å². The number of halogens is 1. The van der Waals surface area contributed by atoms with E-state index in [1.807, 2.05) is 18.2 Å². The Bertz CT molecular complexity index is 1430. The molecule has 0 aliphatic carbocycles. The molecule has 186 valence electrons. The normalized spacial score (nSPS) is 17.9. The highest BCUT2D eigenvalue weighted by Gasteiger charge is 2.40. The minimum Gasteiger partial charge on any atom is -0.460 e. The van der Waals surface area contributed by atoms with Crippen LogP contribution in [0.3, 0.4) is 0 Å². The van der Waals surface area contributed by atoms with Gasteiger partial charge >= 0.3 is 12.0 Å². The number of aryl methyl sites for hydroxylation is 1. The van der Waals surface area contributed by atoms with Gasteiger partial charge in [0.05, 0.1) is 17.7 Å². The van der Waals surface area contributed by atoms with E-state index in [2.05, 4.69) is 16.4 Å². The average Bonchev–Trinajstić information content (AvgIpc) is 3.39. The number of esters is 1. The molecule has 1 N–H and O–H groups in total. The fourth-order valence-electron chi connectivity index (χ4n) is 4.45. The van der Waals surface area contributed by atoms with Gasteiger partial charge in [0, 0.05) is 10.7 Å². The highest BCUT2D eigenvalue weighted by molar-refractivity contribution is 6.31. The number of hydrogen-bond acceptors (Lipinski definition) is 6. The summed E-state index contributed by atoms with van der Waals surface area (Å²) < 4.78 is 16.6. The van der Waals surface area contributed by atoms with Gasteiger partial charge in [-0.15, -0.1) is 0 Å². The topological polar surface area (TPSA) is 110 Å². The predicted molar refractivity (Wildman–Crippen MR) is 135 cm³/mol. The Balaban J connectivity index is 1.43. The van der Waals surface area contributed by atoms with Crippen LogP contribution in [0.25, 0.3) is 0 Å². The summed E-state index contributed by atoms with van der Waals surface area (Å²) in [5.74, 6) is -0.287. The second-order valence-corrected chi connectivity index (χ2v) is 9.04. The Labute approximate surface area is 218 Å². The molecule has 0 radical (unpaired) electrons. The summed E-state index contributed by atoms with van der Waals surface area (Å²) >= 11 is 6.33. The maximum Gasteiger partial charge on any atom is 0.341 e. The number of carbonyl (C=O) groups is 2. The van der Waals surface area contributed by atoms with Gasteiger partial charge in [0.15, 0.2) is 11.5 Å². The van der Waals surface area contributed by atoms with E-state index in [9.17, 15) is 9.59 Å². The molecule has 0 saturated carbocycles. The van der Waals surface area contributed by atoms with Crippen LogP contribution in [0.2, 0.25) is 5.02 Å². The Kier molecular flexibility index (Phi) is 7.06. The molecule has 0 bridgehead atoms. The molecule has 9 heteroatoms. The number of benzene rings is 3. The number of nitrogens with zero attached hydrogens (tertiary/aromatic N) is 2. The van der Waals surface area contributed by atoms with E-state index in [0.717, 1.165) is 5.56 Å². The summed E-state index contributed by atoms with van der Waals surface area (Å²) in [4.78, 5) is 30.3. The van der Waals surface area contributed by atoms with Crippen molar-refractivity contribution in [1.29, 1.82) is 5.26 Å². The first-order chi connectivity index (χ1) is 18.0. The molecule has 8 nitrogen and oxygen atoms in total. The number of carbonyl (C=O) groups excluding carboxylic acids is 2. The molecule has 3 aromatic carbocycles. The van der Waals surface area contributed by atoms with E-state index in [-0.39, 0.29) is 13.4 Å². The number of rotatable bonds is 7. The highest BCUT2D eigenvalue weighted by Crippen LogP contribution is 2.38. The summed E-state index contributed by atoms with van der Waals surface area (Å²) in [6, 6.07) is 20.4. The summed E-state index contributed by atoms with van der Waals surface area (Å²) in [7, 11) is 0. The van der Waals surface area contributed by atoms with E-state index in [0.29, 0.717) is 51.8 Å². The number of urea groups is 1. The van der Waals surface area contributed by atoms with Crippen LogP contribution < -0.4 is 14.8 Å².